The van der Waals surface area contributed by atoms with Gasteiger partial charge < -0.3 is 40.5 Å². The Morgan fingerprint density at radius 1 is 0.579 bits per heavy atom. The smallest absolute Gasteiger partial charge is 0.353 e. The van der Waals surface area contributed by atoms with E-state index in [-0.39, 0.29) is 46.5 Å². The van der Waals surface area contributed by atoms with Crippen LogP contribution in [0.4, 0.5) is 46.5 Å². The highest BCUT2D eigenvalue weighted by Gasteiger charge is 2.33. The second-order valence-electron chi connectivity index (χ2n) is 8.85. The Morgan fingerprint density at radius 2 is 0.921 bits per heavy atom. The van der Waals surface area contributed by atoms with Gasteiger partial charge in [-0.3, -0.25) is 20.2 Å². The molecule has 0 aromatic carbocycles. The maximum atomic E-state index is 11.7. The van der Waals surface area contributed by atoms with Gasteiger partial charge in [0.2, 0.25) is 35.2 Å². The van der Waals surface area contributed by atoms with Crippen molar-refractivity contribution in [3.63, 3.8) is 0 Å². The molecule has 2 aromatic heterocycles. The molecular weight excluding hydrogens is 504 g/mol. The first-order valence-electron chi connectivity index (χ1n) is 12.1. The van der Waals surface area contributed by atoms with E-state index in [1.807, 2.05) is 9.80 Å². The zero-order chi connectivity index (χ0) is 26.8. The molecule has 0 saturated carbocycles. The lowest BCUT2D eigenvalue weighted by Gasteiger charge is -2.36. The number of hydrogen-bond donors (Lipinski definition) is 2. The molecule has 3 aliphatic rings. The summed E-state index contributed by atoms with van der Waals surface area (Å²) < 4.78 is 10.7. The Balaban J connectivity index is 1.37. The summed E-state index contributed by atoms with van der Waals surface area (Å²) in [6, 6.07) is 0. The third-order valence-corrected chi connectivity index (χ3v) is 6.59. The molecule has 0 radical (unpaired) electrons. The summed E-state index contributed by atoms with van der Waals surface area (Å²) in [4.78, 5) is 47.1. The van der Waals surface area contributed by atoms with Crippen molar-refractivity contribution < 1.29 is 19.3 Å². The molecule has 0 aliphatic carbocycles. The lowest BCUT2D eigenvalue weighted by molar-refractivity contribution is -0.383. The van der Waals surface area contributed by atoms with E-state index < -0.39 is 9.85 Å². The number of nitrogens with zero attached hydrogens (tertiary/aromatic N) is 10. The van der Waals surface area contributed by atoms with E-state index in [9.17, 15) is 20.2 Å². The highest BCUT2D eigenvalue weighted by Crippen LogP contribution is 2.35. The van der Waals surface area contributed by atoms with Crippen LogP contribution in [0.15, 0.2) is 0 Å². The Bertz CT molecular complexity index is 1120. The highest BCUT2D eigenvalue weighted by molar-refractivity contribution is 5.72. The van der Waals surface area contributed by atoms with Gasteiger partial charge in [0, 0.05) is 52.4 Å². The van der Waals surface area contributed by atoms with Gasteiger partial charge in [-0.15, -0.1) is 0 Å². The first-order valence-corrected chi connectivity index (χ1v) is 12.1. The van der Waals surface area contributed by atoms with Gasteiger partial charge in [-0.2, -0.15) is 19.9 Å². The summed E-state index contributed by atoms with van der Waals surface area (Å²) in [6.07, 6.45) is 0. The zero-order valence-corrected chi connectivity index (χ0v) is 20.6. The molecule has 204 valence electrons. The van der Waals surface area contributed by atoms with Crippen LogP contribution in [0.1, 0.15) is 0 Å². The van der Waals surface area contributed by atoms with Crippen LogP contribution in [0.2, 0.25) is 0 Å². The quantitative estimate of drug-likeness (QED) is 0.345. The first kappa shape index (κ1) is 25.3. The van der Waals surface area contributed by atoms with Gasteiger partial charge in [0.15, 0.2) is 0 Å². The van der Waals surface area contributed by atoms with E-state index in [1.165, 1.54) is 0 Å². The number of ether oxygens (including phenoxy) is 2. The number of anilines is 6. The zero-order valence-electron chi connectivity index (χ0n) is 20.6. The van der Waals surface area contributed by atoms with Gasteiger partial charge in [-0.05, 0) is 0 Å². The SMILES string of the molecule is Nc1nc(N2CCN(c3nc(N)c([N+](=O)[O-])c(N4CCOCC4)n3)CC2)nc(N2CCOCC2)c1[N+](=O)[O-]. The van der Waals surface area contributed by atoms with Crippen molar-refractivity contribution >= 4 is 46.5 Å². The Kier molecular flexibility index (Phi) is 7.05. The number of nitrogens with two attached hydrogens (primary N) is 2. The molecule has 5 rings (SSSR count). The largest absolute Gasteiger partial charge is 0.378 e. The monoisotopic (exact) mass is 532 g/mol. The molecule has 4 N–H and O–H groups in total. The van der Waals surface area contributed by atoms with Gasteiger partial charge in [-0.1, -0.05) is 0 Å². The third kappa shape index (κ3) is 4.94. The molecule has 0 amide bonds. The molecular formula is C20H28N12O6. The van der Waals surface area contributed by atoms with Crippen LogP contribution in [0.5, 0.6) is 0 Å². The summed E-state index contributed by atoms with van der Waals surface area (Å²) in [6.45, 7) is 5.28. The number of aromatic nitrogens is 4. The van der Waals surface area contributed by atoms with Crippen LogP contribution in [-0.2, 0) is 9.47 Å². The van der Waals surface area contributed by atoms with Gasteiger partial charge in [0.1, 0.15) is 0 Å². The van der Waals surface area contributed by atoms with Crippen LogP contribution in [0.25, 0.3) is 0 Å². The molecule has 5 heterocycles. The van der Waals surface area contributed by atoms with E-state index in [0.717, 1.165) is 0 Å². The average Bonchev–Trinajstić information content (AvgIpc) is 2.92. The van der Waals surface area contributed by atoms with E-state index in [1.54, 1.807) is 9.80 Å². The van der Waals surface area contributed by atoms with E-state index in [4.69, 9.17) is 20.9 Å². The lowest BCUT2D eigenvalue weighted by atomic mass is 10.3. The number of nitro groups is 2. The van der Waals surface area contributed by atoms with Crippen molar-refractivity contribution in [2.45, 2.75) is 0 Å². The van der Waals surface area contributed by atoms with Crippen molar-refractivity contribution in [1.29, 1.82) is 0 Å². The summed E-state index contributed by atoms with van der Waals surface area (Å²) in [5.74, 6) is 0.505. The Hall–Kier alpha value is -4.32. The second-order valence-corrected chi connectivity index (χ2v) is 8.85. The average molecular weight is 533 g/mol. The molecule has 2 aromatic rings. The van der Waals surface area contributed by atoms with Crippen molar-refractivity contribution in [2.24, 2.45) is 0 Å². The molecule has 3 fully saturated rings. The van der Waals surface area contributed by atoms with Gasteiger partial charge in [0.25, 0.3) is 0 Å². The standard InChI is InChI=1S/C20H28N12O6/c21-15-13(31(33)34)17(27-5-9-37-10-6-27)25-19(23-15)29-1-2-30(4-3-29)20-24-16(22)14(32(35)36)18(26-20)28-7-11-38-12-8-28/h1-12H2,(H2,21,23,25)(H2,22,24,26). The number of piperazine rings is 1. The molecule has 0 atom stereocenters. The summed E-state index contributed by atoms with van der Waals surface area (Å²) in [7, 11) is 0. The minimum atomic E-state index is -0.565. The van der Waals surface area contributed by atoms with Gasteiger partial charge in [-0.25, -0.2) is 0 Å². The van der Waals surface area contributed by atoms with E-state index in [2.05, 4.69) is 19.9 Å². The Morgan fingerprint density at radius 3 is 1.24 bits per heavy atom. The minimum Gasteiger partial charge on any atom is -0.378 e. The molecule has 0 bridgehead atoms. The summed E-state index contributed by atoms with van der Waals surface area (Å²) >= 11 is 0. The van der Waals surface area contributed by atoms with Crippen LogP contribution >= 0.6 is 0 Å². The number of rotatable bonds is 6. The predicted octanol–water partition coefficient (Wildman–Crippen LogP) is -0.753. The molecule has 3 aliphatic heterocycles. The second kappa shape index (κ2) is 10.6. The van der Waals surface area contributed by atoms with E-state index >= 15 is 0 Å². The fourth-order valence-electron chi connectivity index (χ4n) is 4.63. The van der Waals surface area contributed by atoms with Crippen LogP contribution < -0.4 is 31.1 Å². The predicted molar refractivity (Wildman–Crippen MR) is 137 cm³/mol. The third-order valence-electron chi connectivity index (χ3n) is 6.59. The normalized spacial score (nSPS) is 18.5. The van der Waals surface area contributed by atoms with Gasteiger partial charge >= 0.3 is 11.4 Å². The fourth-order valence-corrected chi connectivity index (χ4v) is 4.63. The maximum Gasteiger partial charge on any atom is 0.353 e. The van der Waals surface area contributed by atoms with Crippen molar-refractivity contribution in [3.05, 3.63) is 20.2 Å². The Labute approximate surface area is 216 Å². The lowest BCUT2D eigenvalue weighted by Crippen LogP contribution is -2.48. The van der Waals surface area contributed by atoms with E-state index in [0.29, 0.717) is 78.8 Å². The maximum absolute atomic E-state index is 11.7. The van der Waals surface area contributed by atoms with Crippen LogP contribution in [0, 0.1) is 20.2 Å². The van der Waals surface area contributed by atoms with Crippen LogP contribution in [0.3, 0.4) is 0 Å². The number of hydrogen-bond acceptors (Lipinski definition) is 16. The van der Waals surface area contributed by atoms with Crippen molar-refractivity contribution in [1.82, 2.24) is 19.9 Å². The molecule has 38 heavy (non-hydrogen) atoms. The molecule has 18 heteroatoms. The number of morpholine rings is 2. The van der Waals surface area contributed by atoms with Crippen molar-refractivity contribution in [3.8, 4) is 0 Å². The summed E-state index contributed by atoms with van der Waals surface area (Å²) in [5, 5.41) is 23.4. The molecule has 0 spiro atoms. The fraction of sp³-hybridized carbons (Fsp3) is 0.600. The topological polar surface area (TPSA) is 221 Å². The number of nitrogen functional groups attached to an aromatic ring is 2. The van der Waals surface area contributed by atoms with Gasteiger partial charge in [0.05, 0.1) is 36.3 Å². The molecule has 0 unspecified atom stereocenters. The first-order chi connectivity index (χ1) is 18.3. The molecule has 3 saturated heterocycles. The highest BCUT2D eigenvalue weighted by atomic mass is 16.6. The summed E-state index contributed by atoms with van der Waals surface area (Å²) in [5.41, 5.74) is 11.4. The molecule has 18 nitrogen and oxygen atoms in total. The van der Waals surface area contributed by atoms with Crippen molar-refractivity contribution in [2.75, 3.05) is 110 Å². The minimum absolute atomic E-state index is 0.171. The van der Waals surface area contributed by atoms with Crippen LogP contribution in [-0.4, -0.2) is 109 Å².